The van der Waals surface area contributed by atoms with E-state index >= 15 is 0 Å². The maximum atomic E-state index is 11.0. The van der Waals surface area contributed by atoms with Crippen LogP contribution in [0, 0.1) is 12.3 Å². The SMILES string of the molecule is CNC(=O)c1ccc(C)cc1.N=Cc1cc(Br)ccc1O. The molecule has 0 bridgehead atoms. The van der Waals surface area contributed by atoms with Gasteiger partial charge in [0.2, 0.25) is 0 Å². The molecule has 0 aromatic heterocycles. The molecule has 0 saturated carbocycles. The van der Waals surface area contributed by atoms with Crippen LogP contribution in [0.3, 0.4) is 0 Å². The molecule has 0 fully saturated rings. The van der Waals surface area contributed by atoms with E-state index in [4.69, 9.17) is 10.5 Å². The number of carbonyl (C=O) groups excluding carboxylic acids is 1. The van der Waals surface area contributed by atoms with E-state index in [-0.39, 0.29) is 11.7 Å². The fourth-order valence-electron chi connectivity index (χ4n) is 1.49. The molecule has 0 unspecified atom stereocenters. The number of hydrogen-bond acceptors (Lipinski definition) is 3. The Morgan fingerprint density at radius 1 is 1.24 bits per heavy atom. The zero-order chi connectivity index (χ0) is 15.8. The van der Waals surface area contributed by atoms with E-state index in [0.29, 0.717) is 11.1 Å². The number of phenols is 1. The number of rotatable bonds is 2. The zero-order valence-corrected chi connectivity index (χ0v) is 13.4. The number of amides is 1. The molecule has 110 valence electrons. The quantitative estimate of drug-likeness (QED) is 0.726. The molecular formula is C16H17BrN2O2. The van der Waals surface area contributed by atoms with Crippen LogP contribution >= 0.6 is 15.9 Å². The van der Waals surface area contributed by atoms with Gasteiger partial charge in [-0.2, -0.15) is 0 Å². The summed E-state index contributed by atoms with van der Waals surface area (Å²) < 4.78 is 0.865. The van der Waals surface area contributed by atoms with E-state index in [1.54, 1.807) is 25.2 Å². The van der Waals surface area contributed by atoms with Gasteiger partial charge in [-0.05, 0) is 37.3 Å². The second kappa shape index (κ2) is 8.21. The largest absolute Gasteiger partial charge is 0.507 e. The van der Waals surface area contributed by atoms with Crippen molar-refractivity contribution >= 4 is 28.1 Å². The first-order chi connectivity index (χ1) is 9.97. The van der Waals surface area contributed by atoms with Crippen molar-refractivity contribution in [2.75, 3.05) is 7.05 Å². The third-order valence-corrected chi connectivity index (χ3v) is 3.18. The predicted octanol–water partition coefficient (Wildman–Crippen LogP) is 3.51. The molecule has 0 saturated heterocycles. The number of carbonyl (C=O) groups is 1. The van der Waals surface area contributed by atoms with Crippen molar-refractivity contribution < 1.29 is 9.90 Å². The standard InChI is InChI=1S/C9H11NO.C7H6BrNO/c1-7-3-5-8(6-4-7)9(11)10-2;8-6-1-2-7(10)5(3-6)4-9/h3-6H,1-2H3,(H,10,11);1-4,9-10H. The van der Waals surface area contributed by atoms with Crippen LogP contribution in [0.5, 0.6) is 5.75 Å². The van der Waals surface area contributed by atoms with Crippen molar-refractivity contribution in [3.63, 3.8) is 0 Å². The van der Waals surface area contributed by atoms with E-state index < -0.39 is 0 Å². The van der Waals surface area contributed by atoms with Crippen LogP contribution in [0.4, 0.5) is 0 Å². The normalized spacial score (nSPS) is 9.29. The lowest BCUT2D eigenvalue weighted by Crippen LogP contribution is -2.17. The second-order valence-electron chi connectivity index (χ2n) is 4.29. The average molecular weight is 349 g/mol. The smallest absolute Gasteiger partial charge is 0.251 e. The molecule has 0 atom stereocenters. The Morgan fingerprint density at radius 2 is 1.86 bits per heavy atom. The summed E-state index contributed by atoms with van der Waals surface area (Å²) >= 11 is 3.22. The molecule has 0 aliphatic carbocycles. The fourth-order valence-corrected chi connectivity index (χ4v) is 1.87. The number of benzene rings is 2. The highest BCUT2D eigenvalue weighted by Gasteiger charge is 1.99. The van der Waals surface area contributed by atoms with E-state index in [2.05, 4.69) is 21.2 Å². The zero-order valence-electron chi connectivity index (χ0n) is 11.9. The first-order valence-electron chi connectivity index (χ1n) is 6.25. The van der Waals surface area contributed by atoms with E-state index in [1.807, 2.05) is 31.2 Å². The van der Waals surface area contributed by atoms with Crippen LogP contribution in [0.1, 0.15) is 21.5 Å². The minimum Gasteiger partial charge on any atom is -0.507 e. The number of aryl methyl sites for hydroxylation is 1. The molecule has 2 aromatic rings. The molecule has 0 aliphatic heterocycles. The molecule has 0 spiro atoms. The number of halogens is 1. The van der Waals surface area contributed by atoms with Crippen molar-refractivity contribution in [2.24, 2.45) is 0 Å². The molecule has 0 aliphatic rings. The van der Waals surface area contributed by atoms with Crippen LogP contribution in [0.25, 0.3) is 0 Å². The molecule has 3 N–H and O–H groups in total. The highest BCUT2D eigenvalue weighted by atomic mass is 79.9. The van der Waals surface area contributed by atoms with Crippen molar-refractivity contribution in [1.29, 1.82) is 5.41 Å². The van der Waals surface area contributed by atoms with Gasteiger partial charge in [-0.15, -0.1) is 0 Å². The summed E-state index contributed by atoms with van der Waals surface area (Å²) in [7, 11) is 1.63. The predicted molar refractivity (Wildman–Crippen MR) is 88.3 cm³/mol. The average Bonchev–Trinajstić information content (AvgIpc) is 2.50. The second-order valence-corrected chi connectivity index (χ2v) is 5.21. The molecule has 5 heteroatoms. The van der Waals surface area contributed by atoms with Crippen LogP contribution in [0.2, 0.25) is 0 Å². The van der Waals surface area contributed by atoms with Crippen LogP contribution in [-0.2, 0) is 0 Å². The summed E-state index contributed by atoms with van der Waals surface area (Å²) in [5, 5.41) is 18.5. The minimum atomic E-state index is -0.0370. The highest BCUT2D eigenvalue weighted by molar-refractivity contribution is 9.10. The van der Waals surface area contributed by atoms with Crippen LogP contribution < -0.4 is 5.32 Å². The highest BCUT2D eigenvalue weighted by Crippen LogP contribution is 2.19. The van der Waals surface area contributed by atoms with Crippen molar-refractivity contribution in [3.05, 3.63) is 63.6 Å². The van der Waals surface area contributed by atoms with E-state index in [1.165, 1.54) is 0 Å². The molecule has 4 nitrogen and oxygen atoms in total. The first-order valence-corrected chi connectivity index (χ1v) is 7.05. The van der Waals surface area contributed by atoms with E-state index in [0.717, 1.165) is 16.3 Å². The molecule has 0 heterocycles. The lowest BCUT2D eigenvalue weighted by Gasteiger charge is -1.98. The Hall–Kier alpha value is -2.14. The summed E-state index contributed by atoms with van der Waals surface area (Å²) in [4.78, 5) is 11.0. The summed E-state index contributed by atoms with van der Waals surface area (Å²) in [5.74, 6) is 0.100. The monoisotopic (exact) mass is 348 g/mol. The molecule has 21 heavy (non-hydrogen) atoms. The Bertz CT molecular complexity index is 625. The van der Waals surface area contributed by atoms with Gasteiger partial charge >= 0.3 is 0 Å². The maximum Gasteiger partial charge on any atom is 0.251 e. The Morgan fingerprint density at radius 3 is 2.33 bits per heavy atom. The minimum absolute atomic E-state index is 0.0370. The third kappa shape index (κ3) is 5.39. The van der Waals surface area contributed by atoms with Gasteiger partial charge in [0.15, 0.2) is 0 Å². The lowest BCUT2D eigenvalue weighted by atomic mass is 10.1. The number of hydrogen-bond donors (Lipinski definition) is 3. The van der Waals surface area contributed by atoms with Crippen molar-refractivity contribution in [2.45, 2.75) is 6.92 Å². The summed E-state index contributed by atoms with van der Waals surface area (Å²) in [5.41, 5.74) is 2.39. The topological polar surface area (TPSA) is 73.2 Å². The van der Waals surface area contributed by atoms with Gasteiger partial charge < -0.3 is 15.8 Å². The van der Waals surface area contributed by atoms with Crippen molar-refractivity contribution in [1.82, 2.24) is 5.32 Å². The summed E-state index contributed by atoms with van der Waals surface area (Å²) in [6.07, 6.45) is 1.11. The Kier molecular flexibility index (Phi) is 6.62. The van der Waals surface area contributed by atoms with Gasteiger partial charge in [-0.1, -0.05) is 33.6 Å². The molecule has 2 rings (SSSR count). The number of aromatic hydroxyl groups is 1. The van der Waals surface area contributed by atoms with Gasteiger partial charge in [0.05, 0.1) is 0 Å². The molecular weight excluding hydrogens is 332 g/mol. The van der Waals surface area contributed by atoms with Gasteiger partial charge in [0.1, 0.15) is 5.75 Å². The van der Waals surface area contributed by atoms with Gasteiger partial charge in [0.25, 0.3) is 5.91 Å². The van der Waals surface area contributed by atoms with Gasteiger partial charge in [-0.25, -0.2) is 0 Å². The first kappa shape index (κ1) is 16.9. The van der Waals surface area contributed by atoms with E-state index in [9.17, 15) is 4.79 Å². The van der Waals surface area contributed by atoms with Crippen molar-refractivity contribution in [3.8, 4) is 5.75 Å². The van der Waals surface area contributed by atoms with Gasteiger partial charge in [0, 0.05) is 28.9 Å². The Balaban J connectivity index is 0.000000211. The maximum absolute atomic E-state index is 11.0. The third-order valence-electron chi connectivity index (χ3n) is 2.69. The van der Waals surface area contributed by atoms with Crippen LogP contribution in [0.15, 0.2) is 46.9 Å². The summed E-state index contributed by atoms with van der Waals surface area (Å²) in [6, 6.07) is 12.4. The summed E-state index contributed by atoms with van der Waals surface area (Å²) in [6.45, 7) is 1.99. The number of phenolic OH excluding ortho intramolecular Hbond substituents is 1. The lowest BCUT2D eigenvalue weighted by molar-refractivity contribution is 0.0963. The van der Waals surface area contributed by atoms with Gasteiger partial charge in [-0.3, -0.25) is 4.79 Å². The fraction of sp³-hybridized carbons (Fsp3) is 0.125. The van der Waals surface area contributed by atoms with Crippen LogP contribution in [-0.4, -0.2) is 24.3 Å². The Labute approximate surface area is 132 Å². The molecule has 1 amide bonds. The molecule has 0 radical (unpaired) electrons. The number of nitrogens with one attached hydrogen (secondary N) is 2. The molecule has 2 aromatic carbocycles.